The molecule has 0 unspecified atom stereocenters. The normalized spacial score (nSPS) is 12.4. The third-order valence-electron chi connectivity index (χ3n) is 3.06. The summed E-state index contributed by atoms with van der Waals surface area (Å²) >= 11 is 0. The quantitative estimate of drug-likeness (QED) is 0.870. The molecule has 0 fully saturated rings. The van der Waals surface area contributed by atoms with Crippen molar-refractivity contribution >= 4 is 12.1 Å². The topological polar surface area (TPSA) is 76.1 Å². The molecule has 128 valence electrons. The minimum Gasteiger partial charge on any atom is -0.491 e. The number of nitrogens with zero attached hydrogens (tertiary/aromatic N) is 1. The molecule has 0 spiro atoms. The van der Waals surface area contributed by atoms with Crippen molar-refractivity contribution in [3.8, 4) is 5.75 Å². The van der Waals surface area contributed by atoms with Crippen LogP contribution in [0.1, 0.15) is 33.3 Å². The van der Waals surface area contributed by atoms with Crippen molar-refractivity contribution in [3.05, 3.63) is 29.8 Å². The van der Waals surface area contributed by atoms with Crippen LogP contribution in [0, 0.1) is 6.92 Å². The fraction of sp³-hybridized carbons (Fsp3) is 0.529. The fourth-order valence-electron chi connectivity index (χ4n) is 1.90. The number of benzene rings is 1. The molecule has 23 heavy (non-hydrogen) atoms. The number of carboxylic acids is 1. The van der Waals surface area contributed by atoms with Crippen molar-refractivity contribution in [1.82, 2.24) is 4.90 Å². The molecule has 6 heteroatoms. The molecule has 1 amide bonds. The lowest BCUT2D eigenvalue weighted by molar-refractivity contribution is -0.144. The standard InChI is InChI=1S/C17H25NO5/c1-6-18(16(21)23-17(3,4)5)14(15(19)20)11-22-13-9-7-12(2)8-10-13/h7-10,14H,6,11H2,1-5H3,(H,19,20)/t14-/m0/s1. The molecule has 0 aliphatic rings. The van der Waals surface area contributed by atoms with Gasteiger partial charge in [-0.05, 0) is 46.8 Å². The van der Waals surface area contributed by atoms with Gasteiger partial charge in [-0.1, -0.05) is 17.7 Å². The van der Waals surface area contributed by atoms with Crippen molar-refractivity contribution in [2.45, 2.75) is 46.3 Å². The molecule has 6 nitrogen and oxygen atoms in total. The highest BCUT2D eigenvalue weighted by Gasteiger charge is 2.32. The SMILES string of the molecule is CCN(C(=O)OC(C)(C)C)[C@@H](COc1ccc(C)cc1)C(=O)O. The predicted molar refractivity (Wildman–Crippen MR) is 86.7 cm³/mol. The van der Waals surface area contributed by atoms with E-state index in [2.05, 4.69) is 0 Å². The Balaban J connectivity index is 2.80. The third kappa shape index (κ3) is 6.18. The summed E-state index contributed by atoms with van der Waals surface area (Å²) in [6, 6.07) is 6.15. The molecule has 1 aromatic carbocycles. The van der Waals surface area contributed by atoms with Gasteiger partial charge in [-0.3, -0.25) is 4.90 Å². The zero-order valence-corrected chi connectivity index (χ0v) is 14.3. The van der Waals surface area contributed by atoms with Crippen LogP contribution in [0.15, 0.2) is 24.3 Å². The Kier molecular flexibility index (Phi) is 6.42. The molecule has 0 aliphatic carbocycles. The van der Waals surface area contributed by atoms with Crippen molar-refractivity contribution in [3.63, 3.8) is 0 Å². The van der Waals surface area contributed by atoms with Crippen molar-refractivity contribution in [1.29, 1.82) is 0 Å². The van der Waals surface area contributed by atoms with Crippen molar-refractivity contribution < 1.29 is 24.2 Å². The van der Waals surface area contributed by atoms with E-state index in [1.165, 1.54) is 0 Å². The van der Waals surface area contributed by atoms with Gasteiger partial charge in [0.1, 0.15) is 18.0 Å². The summed E-state index contributed by atoms with van der Waals surface area (Å²) in [5, 5.41) is 9.41. The van der Waals surface area contributed by atoms with Crippen LogP contribution in [0.3, 0.4) is 0 Å². The van der Waals surface area contributed by atoms with Crippen LogP contribution in [0.4, 0.5) is 4.79 Å². The van der Waals surface area contributed by atoms with Crippen LogP contribution >= 0.6 is 0 Å². The highest BCUT2D eigenvalue weighted by Crippen LogP contribution is 2.15. The van der Waals surface area contributed by atoms with Crippen LogP contribution in [-0.4, -0.2) is 46.9 Å². The first-order valence-electron chi connectivity index (χ1n) is 7.56. The lowest BCUT2D eigenvalue weighted by atomic mass is 10.2. The first kappa shape index (κ1) is 18.8. The van der Waals surface area contributed by atoms with Gasteiger partial charge in [-0.15, -0.1) is 0 Å². The number of carbonyl (C=O) groups excluding carboxylic acids is 1. The maximum atomic E-state index is 12.2. The predicted octanol–water partition coefficient (Wildman–Crippen LogP) is 3.08. The molecular weight excluding hydrogens is 298 g/mol. The van der Waals surface area contributed by atoms with Gasteiger partial charge in [-0.25, -0.2) is 9.59 Å². The first-order chi connectivity index (χ1) is 10.6. The van der Waals surface area contributed by atoms with E-state index in [4.69, 9.17) is 9.47 Å². The second-order valence-corrected chi connectivity index (χ2v) is 6.24. The average molecular weight is 323 g/mol. The summed E-state index contributed by atoms with van der Waals surface area (Å²) in [4.78, 5) is 24.8. The molecule has 1 rings (SSSR count). The average Bonchev–Trinajstić information content (AvgIpc) is 2.42. The number of carbonyl (C=O) groups is 2. The lowest BCUT2D eigenvalue weighted by Crippen LogP contribution is -2.50. The summed E-state index contributed by atoms with van der Waals surface area (Å²) in [5.41, 5.74) is 0.391. The second-order valence-electron chi connectivity index (χ2n) is 6.24. The molecule has 1 atom stereocenters. The first-order valence-corrected chi connectivity index (χ1v) is 7.56. The highest BCUT2D eigenvalue weighted by atomic mass is 16.6. The molecule has 0 saturated carbocycles. The van der Waals surface area contributed by atoms with Crippen LogP contribution in [0.5, 0.6) is 5.75 Å². The Morgan fingerprint density at radius 1 is 1.22 bits per heavy atom. The number of hydrogen-bond donors (Lipinski definition) is 1. The molecule has 0 aromatic heterocycles. The molecule has 0 aliphatic heterocycles. The second kappa shape index (κ2) is 7.85. The molecule has 0 bridgehead atoms. The zero-order chi connectivity index (χ0) is 17.6. The van der Waals surface area contributed by atoms with Gasteiger partial charge < -0.3 is 14.6 Å². The van der Waals surface area contributed by atoms with Crippen LogP contribution < -0.4 is 4.74 Å². The Morgan fingerprint density at radius 2 is 1.78 bits per heavy atom. The largest absolute Gasteiger partial charge is 0.491 e. The van der Waals surface area contributed by atoms with Crippen LogP contribution in [-0.2, 0) is 9.53 Å². The smallest absolute Gasteiger partial charge is 0.411 e. The Morgan fingerprint density at radius 3 is 2.22 bits per heavy atom. The van der Waals surface area contributed by atoms with E-state index >= 15 is 0 Å². The maximum absolute atomic E-state index is 12.2. The van der Waals surface area contributed by atoms with Gasteiger partial charge in [0, 0.05) is 6.54 Å². The van der Waals surface area contributed by atoms with Gasteiger partial charge >= 0.3 is 12.1 Å². The number of aliphatic carboxylic acids is 1. The van der Waals surface area contributed by atoms with Crippen LogP contribution in [0.25, 0.3) is 0 Å². The lowest BCUT2D eigenvalue weighted by Gasteiger charge is -2.30. The van der Waals surface area contributed by atoms with E-state index in [0.717, 1.165) is 10.5 Å². The summed E-state index contributed by atoms with van der Waals surface area (Å²) in [7, 11) is 0. The van der Waals surface area contributed by atoms with Crippen molar-refractivity contribution in [2.75, 3.05) is 13.2 Å². The minimum atomic E-state index is -1.13. The van der Waals surface area contributed by atoms with E-state index in [1.54, 1.807) is 39.8 Å². The summed E-state index contributed by atoms with van der Waals surface area (Å²) in [6.45, 7) is 8.91. The van der Waals surface area contributed by atoms with E-state index in [0.29, 0.717) is 5.75 Å². The fourth-order valence-corrected chi connectivity index (χ4v) is 1.90. The number of ether oxygens (including phenoxy) is 2. The third-order valence-corrected chi connectivity index (χ3v) is 3.06. The number of likely N-dealkylation sites (N-methyl/N-ethyl adjacent to an activating group) is 1. The molecule has 0 heterocycles. The minimum absolute atomic E-state index is 0.147. The molecule has 0 saturated heterocycles. The van der Waals surface area contributed by atoms with Gasteiger partial charge in [0.05, 0.1) is 0 Å². The van der Waals surface area contributed by atoms with Gasteiger partial charge in [0.25, 0.3) is 0 Å². The van der Waals surface area contributed by atoms with Gasteiger partial charge in [0.2, 0.25) is 0 Å². The number of aryl methyl sites for hydroxylation is 1. The van der Waals surface area contributed by atoms with Crippen molar-refractivity contribution in [2.24, 2.45) is 0 Å². The summed E-state index contributed by atoms with van der Waals surface area (Å²) < 4.78 is 10.8. The Bertz CT molecular complexity index is 533. The number of carboxylic acid groups (broad SMARTS) is 1. The number of hydrogen-bond acceptors (Lipinski definition) is 4. The molecule has 0 radical (unpaired) electrons. The van der Waals surface area contributed by atoms with E-state index in [9.17, 15) is 14.7 Å². The summed E-state index contributed by atoms with van der Waals surface area (Å²) in [5.74, 6) is -0.577. The molecule has 1 N–H and O–H groups in total. The molecular formula is C17H25NO5. The Hall–Kier alpha value is -2.24. The number of amides is 1. The van der Waals surface area contributed by atoms with E-state index < -0.39 is 23.7 Å². The van der Waals surface area contributed by atoms with Gasteiger partial charge in [-0.2, -0.15) is 0 Å². The highest BCUT2D eigenvalue weighted by molar-refractivity contribution is 5.80. The van der Waals surface area contributed by atoms with Crippen LogP contribution in [0.2, 0.25) is 0 Å². The van der Waals surface area contributed by atoms with E-state index in [1.807, 2.05) is 19.1 Å². The molecule has 1 aromatic rings. The monoisotopic (exact) mass is 323 g/mol. The van der Waals surface area contributed by atoms with E-state index in [-0.39, 0.29) is 13.2 Å². The van der Waals surface area contributed by atoms with Gasteiger partial charge in [0.15, 0.2) is 6.04 Å². The summed E-state index contributed by atoms with van der Waals surface area (Å²) in [6.07, 6.45) is -0.667. The Labute approximate surface area is 137 Å². The zero-order valence-electron chi connectivity index (χ0n) is 14.3. The number of rotatable bonds is 6. The maximum Gasteiger partial charge on any atom is 0.411 e.